The van der Waals surface area contributed by atoms with E-state index in [9.17, 15) is 13.6 Å². The van der Waals surface area contributed by atoms with Crippen LogP contribution in [0.4, 0.5) is 8.78 Å². The Morgan fingerprint density at radius 2 is 1.95 bits per heavy atom. The van der Waals surface area contributed by atoms with Crippen molar-refractivity contribution in [1.29, 1.82) is 0 Å². The molecule has 1 aromatic rings. The molecule has 6 heteroatoms. The standard InChI is InChI=1S/C14H18F2N2O.ClH/c1-8(13-10(15)5-3-6-11(13)16)18-14(19)9-4-2-7-12(9)17;/h3,5-6,8-9,12H,2,4,7,17H2,1H3,(H,18,19);1H. The van der Waals surface area contributed by atoms with Gasteiger partial charge in [0.05, 0.1) is 12.0 Å². The van der Waals surface area contributed by atoms with E-state index in [0.717, 1.165) is 19.3 Å². The Bertz CT molecular complexity index is 464. The molecule has 20 heavy (non-hydrogen) atoms. The van der Waals surface area contributed by atoms with Crippen molar-refractivity contribution in [3.63, 3.8) is 0 Å². The fourth-order valence-corrected chi connectivity index (χ4v) is 2.63. The molecule has 0 saturated heterocycles. The highest BCUT2D eigenvalue weighted by molar-refractivity contribution is 5.85. The van der Waals surface area contributed by atoms with E-state index in [1.807, 2.05) is 0 Å². The lowest BCUT2D eigenvalue weighted by Gasteiger charge is -2.20. The van der Waals surface area contributed by atoms with E-state index in [1.54, 1.807) is 6.92 Å². The summed E-state index contributed by atoms with van der Waals surface area (Å²) in [7, 11) is 0. The summed E-state index contributed by atoms with van der Waals surface area (Å²) >= 11 is 0. The quantitative estimate of drug-likeness (QED) is 0.902. The molecular formula is C14H19ClF2N2O. The number of halogens is 3. The second-order valence-corrected chi connectivity index (χ2v) is 5.07. The molecule has 112 valence electrons. The van der Waals surface area contributed by atoms with Crippen molar-refractivity contribution in [2.24, 2.45) is 11.7 Å². The zero-order valence-corrected chi connectivity index (χ0v) is 12.1. The van der Waals surface area contributed by atoms with Gasteiger partial charge in [0, 0.05) is 11.6 Å². The summed E-state index contributed by atoms with van der Waals surface area (Å²) in [6.45, 7) is 1.57. The molecule has 0 aliphatic heterocycles. The molecule has 1 saturated carbocycles. The lowest BCUT2D eigenvalue weighted by atomic mass is 10.0. The van der Waals surface area contributed by atoms with E-state index in [-0.39, 0.29) is 35.8 Å². The largest absolute Gasteiger partial charge is 0.349 e. The maximum absolute atomic E-state index is 13.6. The van der Waals surface area contributed by atoms with Gasteiger partial charge in [-0.2, -0.15) is 0 Å². The monoisotopic (exact) mass is 304 g/mol. The van der Waals surface area contributed by atoms with Gasteiger partial charge in [0.1, 0.15) is 11.6 Å². The van der Waals surface area contributed by atoms with Gasteiger partial charge in [-0.15, -0.1) is 12.4 Å². The normalized spacial score (nSPS) is 23.0. The number of carbonyl (C=O) groups excluding carboxylic acids is 1. The van der Waals surface area contributed by atoms with Gasteiger partial charge in [0.15, 0.2) is 0 Å². The van der Waals surface area contributed by atoms with Gasteiger partial charge in [-0.25, -0.2) is 8.78 Å². The van der Waals surface area contributed by atoms with E-state index in [2.05, 4.69) is 5.32 Å². The van der Waals surface area contributed by atoms with Gasteiger partial charge in [-0.05, 0) is 31.9 Å². The Morgan fingerprint density at radius 1 is 1.35 bits per heavy atom. The molecule has 1 aromatic carbocycles. The highest BCUT2D eigenvalue weighted by Gasteiger charge is 2.31. The average molecular weight is 305 g/mol. The second-order valence-electron chi connectivity index (χ2n) is 5.07. The molecule has 0 radical (unpaired) electrons. The topological polar surface area (TPSA) is 55.1 Å². The predicted molar refractivity (Wildman–Crippen MR) is 75.5 cm³/mol. The summed E-state index contributed by atoms with van der Waals surface area (Å²) in [5.74, 6) is -1.77. The Labute approximate surface area is 123 Å². The summed E-state index contributed by atoms with van der Waals surface area (Å²) in [5, 5.41) is 2.65. The van der Waals surface area contributed by atoms with Crippen LogP contribution in [0.3, 0.4) is 0 Å². The smallest absolute Gasteiger partial charge is 0.225 e. The minimum absolute atomic E-state index is 0. The Hall–Kier alpha value is -1.20. The first kappa shape index (κ1) is 16.9. The molecule has 2 rings (SSSR count). The third-order valence-electron chi connectivity index (χ3n) is 3.70. The molecule has 1 fully saturated rings. The number of amides is 1. The number of carbonyl (C=O) groups is 1. The fraction of sp³-hybridized carbons (Fsp3) is 0.500. The van der Waals surface area contributed by atoms with Crippen LogP contribution in [0.15, 0.2) is 18.2 Å². The molecule has 0 bridgehead atoms. The van der Waals surface area contributed by atoms with E-state index in [0.29, 0.717) is 0 Å². The summed E-state index contributed by atoms with van der Waals surface area (Å²) in [5.41, 5.74) is 5.74. The Balaban J connectivity index is 0.00000200. The minimum atomic E-state index is -0.707. The first-order chi connectivity index (χ1) is 9.00. The van der Waals surface area contributed by atoms with Gasteiger partial charge >= 0.3 is 0 Å². The number of benzene rings is 1. The first-order valence-corrected chi connectivity index (χ1v) is 6.50. The third kappa shape index (κ3) is 3.46. The van der Waals surface area contributed by atoms with Crippen LogP contribution in [-0.2, 0) is 4.79 Å². The van der Waals surface area contributed by atoms with E-state index in [1.165, 1.54) is 18.2 Å². The molecule has 3 N–H and O–H groups in total. The van der Waals surface area contributed by atoms with Crippen LogP contribution in [0.1, 0.15) is 37.8 Å². The summed E-state index contributed by atoms with van der Waals surface area (Å²) in [6.07, 6.45) is 2.47. The van der Waals surface area contributed by atoms with Crippen molar-refractivity contribution < 1.29 is 13.6 Å². The molecule has 3 nitrogen and oxygen atoms in total. The van der Waals surface area contributed by atoms with Crippen LogP contribution in [0.25, 0.3) is 0 Å². The SMILES string of the molecule is CC(NC(=O)C1CCCC1N)c1c(F)cccc1F.Cl. The number of hydrogen-bond acceptors (Lipinski definition) is 2. The summed E-state index contributed by atoms with van der Waals surface area (Å²) in [4.78, 5) is 12.0. The van der Waals surface area contributed by atoms with E-state index in [4.69, 9.17) is 5.73 Å². The molecule has 1 aliphatic rings. The molecule has 0 spiro atoms. The van der Waals surface area contributed by atoms with Gasteiger partial charge in [0.2, 0.25) is 5.91 Å². The number of nitrogens with two attached hydrogens (primary N) is 1. The zero-order chi connectivity index (χ0) is 14.0. The van der Waals surface area contributed by atoms with Crippen LogP contribution in [-0.4, -0.2) is 11.9 Å². The molecular weight excluding hydrogens is 286 g/mol. The van der Waals surface area contributed by atoms with Crippen LogP contribution in [0.5, 0.6) is 0 Å². The van der Waals surface area contributed by atoms with E-state index >= 15 is 0 Å². The number of rotatable bonds is 3. The van der Waals surface area contributed by atoms with Crippen molar-refractivity contribution in [1.82, 2.24) is 5.32 Å². The first-order valence-electron chi connectivity index (χ1n) is 6.50. The van der Waals surface area contributed by atoms with Crippen molar-refractivity contribution in [3.8, 4) is 0 Å². The van der Waals surface area contributed by atoms with Gasteiger partial charge in [-0.1, -0.05) is 12.5 Å². The zero-order valence-electron chi connectivity index (χ0n) is 11.2. The maximum atomic E-state index is 13.6. The summed E-state index contributed by atoms with van der Waals surface area (Å²) < 4.78 is 27.2. The van der Waals surface area contributed by atoms with Crippen molar-refractivity contribution in [2.75, 3.05) is 0 Å². The van der Waals surface area contributed by atoms with Crippen molar-refractivity contribution in [3.05, 3.63) is 35.4 Å². The molecule has 0 aromatic heterocycles. The number of nitrogens with one attached hydrogen (secondary N) is 1. The lowest BCUT2D eigenvalue weighted by Crippen LogP contribution is -2.39. The maximum Gasteiger partial charge on any atom is 0.225 e. The minimum Gasteiger partial charge on any atom is -0.349 e. The van der Waals surface area contributed by atoms with Crippen LogP contribution < -0.4 is 11.1 Å². The molecule has 3 unspecified atom stereocenters. The van der Waals surface area contributed by atoms with E-state index < -0.39 is 17.7 Å². The molecule has 3 atom stereocenters. The Morgan fingerprint density at radius 3 is 2.45 bits per heavy atom. The highest BCUT2D eigenvalue weighted by Crippen LogP contribution is 2.26. The molecule has 0 heterocycles. The van der Waals surface area contributed by atoms with Gasteiger partial charge in [-0.3, -0.25) is 4.79 Å². The fourth-order valence-electron chi connectivity index (χ4n) is 2.63. The Kier molecular flexibility index (Phi) is 5.89. The van der Waals surface area contributed by atoms with Gasteiger partial charge < -0.3 is 11.1 Å². The van der Waals surface area contributed by atoms with Crippen molar-refractivity contribution in [2.45, 2.75) is 38.3 Å². The van der Waals surface area contributed by atoms with Crippen LogP contribution >= 0.6 is 12.4 Å². The molecule has 1 amide bonds. The highest BCUT2D eigenvalue weighted by atomic mass is 35.5. The van der Waals surface area contributed by atoms with Crippen LogP contribution in [0, 0.1) is 17.6 Å². The average Bonchev–Trinajstić information content (AvgIpc) is 2.75. The summed E-state index contributed by atoms with van der Waals surface area (Å²) in [6, 6.07) is 2.81. The van der Waals surface area contributed by atoms with Crippen molar-refractivity contribution >= 4 is 18.3 Å². The van der Waals surface area contributed by atoms with Gasteiger partial charge in [0.25, 0.3) is 0 Å². The van der Waals surface area contributed by atoms with Crippen LogP contribution in [0.2, 0.25) is 0 Å². The third-order valence-corrected chi connectivity index (χ3v) is 3.70. The molecule has 1 aliphatic carbocycles. The lowest BCUT2D eigenvalue weighted by molar-refractivity contribution is -0.125. The second kappa shape index (κ2) is 6.99. The predicted octanol–water partition coefficient (Wildman–Crippen LogP) is 2.69. The number of hydrogen-bond donors (Lipinski definition) is 2.